The fourth-order valence-corrected chi connectivity index (χ4v) is 3.31. The second-order valence-corrected chi connectivity index (χ2v) is 6.59. The van der Waals surface area contributed by atoms with Crippen molar-refractivity contribution in [2.24, 2.45) is 5.92 Å². The number of nitrogens with zero attached hydrogens (tertiary/aromatic N) is 4. The lowest BCUT2D eigenvalue weighted by Gasteiger charge is -2.32. The van der Waals surface area contributed by atoms with Gasteiger partial charge in [0, 0.05) is 23.1 Å². The predicted octanol–water partition coefficient (Wildman–Crippen LogP) is 4.11. The molecule has 1 saturated heterocycles. The van der Waals surface area contributed by atoms with Gasteiger partial charge in [-0.1, -0.05) is 23.2 Å². The molecule has 1 aliphatic heterocycles. The highest BCUT2D eigenvalue weighted by molar-refractivity contribution is 6.33. The Morgan fingerprint density at radius 2 is 1.96 bits per heavy atom. The van der Waals surface area contributed by atoms with Gasteiger partial charge in [0.25, 0.3) is 0 Å². The lowest BCUT2D eigenvalue weighted by molar-refractivity contribution is 0.402. The Morgan fingerprint density at radius 1 is 1.17 bits per heavy atom. The average Bonchev–Trinajstić information content (AvgIpc) is 2.59. The Bertz CT molecular complexity index is 716. The Balaban J connectivity index is 1.59. The van der Waals surface area contributed by atoms with Crippen molar-refractivity contribution in [1.29, 1.82) is 5.26 Å². The van der Waals surface area contributed by atoms with Crippen molar-refractivity contribution in [2.75, 3.05) is 18.0 Å². The van der Waals surface area contributed by atoms with E-state index in [9.17, 15) is 0 Å². The highest BCUT2D eigenvalue weighted by Gasteiger charge is 2.21. The van der Waals surface area contributed by atoms with E-state index < -0.39 is 0 Å². The summed E-state index contributed by atoms with van der Waals surface area (Å²) < 4.78 is 0. The molecular weight excluding hydrogens is 331 g/mol. The van der Waals surface area contributed by atoms with E-state index in [1.807, 2.05) is 24.3 Å². The van der Waals surface area contributed by atoms with Crippen molar-refractivity contribution in [1.82, 2.24) is 9.97 Å². The maximum Gasteiger partial charge on any atom is 0.158 e. The standard InChI is InChI=1S/C17H16Cl2N4/c18-14-1-2-16(19)13(8-14)7-12-3-5-23(6-4-12)17-11-21-15(9-20)10-22-17/h1-2,8,10-12H,3-7H2. The first-order valence-electron chi connectivity index (χ1n) is 7.56. The molecule has 6 heteroatoms. The van der Waals surface area contributed by atoms with Crippen molar-refractivity contribution in [3.63, 3.8) is 0 Å². The molecule has 0 N–H and O–H groups in total. The van der Waals surface area contributed by atoms with Crippen molar-refractivity contribution in [2.45, 2.75) is 19.3 Å². The van der Waals surface area contributed by atoms with Gasteiger partial charge in [0.05, 0.1) is 12.4 Å². The third kappa shape index (κ3) is 3.93. The number of aromatic nitrogens is 2. The van der Waals surface area contributed by atoms with Gasteiger partial charge in [-0.05, 0) is 48.9 Å². The van der Waals surface area contributed by atoms with Crippen LogP contribution < -0.4 is 4.90 Å². The molecule has 1 aromatic heterocycles. The van der Waals surface area contributed by atoms with Crippen molar-refractivity contribution in [3.8, 4) is 6.07 Å². The van der Waals surface area contributed by atoms with Gasteiger partial charge in [0.15, 0.2) is 5.69 Å². The lowest BCUT2D eigenvalue weighted by Crippen LogP contribution is -2.35. The Labute approximate surface area is 145 Å². The molecule has 3 rings (SSSR count). The maximum absolute atomic E-state index is 8.77. The largest absolute Gasteiger partial charge is 0.355 e. The van der Waals surface area contributed by atoms with Gasteiger partial charge in [-0.25, -0.2) is 9.97 Å². The maximum atomic E-state index is 8.77. The third-order valence-corrected chi connectivity index (χ3v) is 4.81. The number of nitriles is 1. The number of hydrogen-bond acceptors (Lipinski definition) is 4. The third-order valence-electron chi connectivity index (χ3n) is 4.21. The van der Waals surface area contributed by atoms with Crippen LogP contribution in [0.5, 0.6) is 0 Å². The van der Waals surface area contributed by atoms with Crippen LogP contribution in [0.2, 0.25) is 10.0 Å². The molecule has 1 aliphatic rings. The van der Waals surface area contributed by atoms with Crippen LogP contribution in [-0.4, -0.2) is 23.1 Å². The molecule has 23 heavy (non-hydrogen) atoms. The highest BCUT2D eigenvalue weighted by Crippen LogP contribution is 2.28. The van der Waals surface area contributed by atoms with Gasteiger partial charge in [-0.2, -0.15) is 5.26 Å². The SMILES string of the molecule is N#Cc1cnc(N2CCC(Cc3cc(Cl)ccc3Cl)CC2)cn1. The molecule has 0 atom stereocenters. The van der Waals surface area contributed by atoms with E-state index in [2.05, 4.69) is 14.9 Å². The second kappa shape index (κ2) is 7.16. The first-order chi connectivity index (χ1) is 11.2. The van der Waals surface area contributed by atoms with Crippen LogP contribution in [0.4, 0.5) is 5.82 Å². The smallest absolute Gasteiger partial charge is 0.158 e. The van der Waals surface area contributed by atoms with Gasteiger partial charge in [-0.3, -0.25) is 0 Å². The number of anilines is 1. The first kappa shape index (κ1) is 16.0. The number of hydrogen-bond donors (Lipinski definition) is 0. The summed E-state index contributed by atoms with van der Waals surface area (Å²) in [7, 11) is 0. The zero-order valence-electron chi connectivity index (χ0n) is 12.5. The van der Waals surface area contributed by atoms with Gasteiger partial charge in [0.2, 0.25) is 0 Å². The average molecular weight is 347 g/mol. The van der Waals surface area contributed by atoms with E-state index in [4.69, 9.17) is 28.5 Å². The Hall–Kier alpha value is -1.83. The molecule has 0 bridgehead atoms. The van der Waals surface area contributed by atoms with Gasteiger partial charge in [-0.15, -0.1) is 0 Å². The van der Waals surface area contributed by atoms with Crippen LogP contribution in [-0.2, 0) is 6.42 Å². The number of rotatable bonds is 3. The fourth-order valence-electron chi connectivity index (χ4n) is 2.92. The summed E-state index contributed by atoms with van der Waals surface area (Å²) in [5.41, 5.74) is 1.47. The minimum atomic E-state index is 0.347. The quantitative estimate of drug-likeness (QED) is 0.838. The summed E-state index contributed by atoms with van der Waals surface area (Å²) in [4.78, 5) is 10.6. The molecule has 0 saturated carbocycles. The lowest BCUT2D eigenvalue weighted by atomic mass is 9.90. The van der Waals surface area contributed by atoms with Crippen LogP contribution in [0.3, 0.4) is 0 Å². The highest BCUT2D eigenvalue weighted by atomic mass is 35.5. The summed E-state index contributed by atoms with van der Waals surface area (Å²) in [6, 6.07) is 7.63. The van der Waals surface area contributed by atoms with Crippen LogP contribution in [0.1, 0.15) is 24.1 Å². The van der Waals surface area contributed by atoms with Gasteiger partial charge in [0.1, 0.15) is 11.9 Å². The first-order valence-corrected chi connectivity index (χ1v) is 8.32. The molecular formula is C17H16Cl2N4. The van der Waals surface area contributed by atoms with E-state index in [0.717, 1.165) is 53.8 Å². The zero-order valence-corrected chi connectivity index (χ0v) is 14.1. The number of halogens is 2. The minimum Gasteiger partial charge on any atom is -0.355 e. The summed E-state index contributed by atoms with van der Waals surface area (Å²) in [6.07, 6.45) is 6.29. The second-order valence-electron chi connectivity index (χ2n) is 5.74. The Kier molecular flexibility index (Phi) is 5.00. The minimum absolute atomic E-state index is 0.347. The molecule has 4 nitrogen and oxygen atoms in total. The zero-order chi connectivity index (χ0) is 16.2. The van der Waals surface area contributed by atoms with E-state index in [-0.39, 0.29) is 0 Å². The van der Waals surface area contributed by atoms with Crippen molar-refractivity contribution in [3.05, 3.63) is 51.9 Å². The van der Waals surface area contributed by atoms with E-state index >= 15 is 0 Å². The molecule has 118 valence electrons. The normalized spacial score (nSPS) is 15.4. The molecule has 0 spiro atoms. The van der Waals surface area contributed by atoms with Crippen LogP contribution >= 0.6 is 23.2 Å². The predicted molar refractivity (Wildman–Crippen MR) is 91.9 cm³/mol. The van der Waals surface area contributed by atoms with Gasteiger partial charge >= 0.3 is 0 Å². The van der Waals surface area contributed by atoms with E-state index in [0.29, 0.717) is 11.6 Å². The Morgan fingerprint density at radius 3 is 2.61 bits per heavy atom. The molecule has 0 radical (unpaired) electrons. The topological polar surface area (TPSA) is 52.8 Å². The van der Waals surface area contributed by atoms with Gasteiger partial charge < -0.3 is 4.90 Å². The molecule has 2 heterocycles. The monoisotopic (exact) mass is 346 g/mol. The van der Waals surface area contributed by atoms with Crippen molar-refractivity contribution < 1.29 is 0 Å². The molecule has 1 aromatic carbocycles. The summed E-state index contributed by atoms with van der Waals surface area (Å²) in [5.74, 6) is 1.43. The number of benzene rings is 1. The van der Waals surface area contributed by atoms with Crippen LogP contribution in [0.15, 0.2) is 30.6 Å². The fraction of sp³-hybridized carbons (Fsp3) is 0.353. The summed E-state index contributed by atoms with van der Waals surface area (Å²) in [5, 5.41) is 10.3. The van der Waals surface area contributed by atoms with Crippen molar-refractivity contribution >= 4 is 29.0 Å². The number of piperidine rings is 1. The molecule has 1 fully saturated rings. The summed E-state index contributed by atoms with van der Waals surface area (Å²) >= 11 is 12.3. The molecule has 0 aliphatic carbocycles. The van der Waals surface area contributed by atoms with E-state index in [1.165, 1.54) is 6.20 Å². The molecule has 0 unspecified atom stereocenters. The molecule has 0 amide bonds. The summed E-state index contributed by atoms with van der Waals surface area (Å²) in [6.45, 7) is 1.87. The van der Waals surface area contributed by atoms with Crippen LogP contribution in [0.25, 0.3) is 0 Å². The van der Waals surface area contributed by atoms with Crippen LogP contribution in [0, 0.1) is 17.2 Å². The van der Waals surface area contributed by atoms with E-state index in [1.54, 1.807) is 6.20 Å². The molecule has 2 aromatic rings.